The van der Waals surface area contributed by atoms with E-state index < -0.39 is 17.6 Å². The number of amides is 3. The molecule has 0 saturated carbocycles. The van der Waals surface area contributed by atoms with Crippen molar-refractivity contribution in [2.75, 3.05) is 16.4 Å². The van der Waals surface area contributed by atoms with Crippen LogP contribution in [0, 0.1) is 5.82 Å². The second kappa shape index (κ2) is 13.2. The number of carbonyl (C=O) groups is 3. The van der Waals surface area contributed by atoms with Crippen LogP contribution in [0.15, 0.2) is 105 Å². The van der Waals surface area contributed by atoms with Crippen LogP contribution in [-0.4, -0.2) is 23.5 Å². The van der Waals surface area contributed by atoms with E-state index in [0.29, 0.717) is 15.7 Å². The summed E-state index contributed by atoms with van der Waals surface area (Å²) >= 11 is 5.94. The Morgan fingerprint density at radius 2 is 1.71 bits per heavy atom. The van der Waals surface area contributed by atoms with Crippen LogP contribution < -0.4 is 16.0 Å². The zero-order valence-corrected chi connectivity index (χ0v) is 23.0. The lowest BCUT2D eigenvalue weighted by atomic mass is 10.2. The third-order valence-corrected chi connectivity index (χ3v) is 7.28. The van der Waals surface area contributed by atoms with Gasteiger partial charge in [-0.05, 0) is 83.1 Å². The molecule has 6 nitrogen and oxygen atoms in total. The summed E-state index contributed by atoms with van der Waals surface area (Å²) in [7, 11) is 0. The zero-order valence-electron chi connectivity index (χ0n) is 19.7. The molecule has 1 heterocycles. The van der Waals surface area contributed by atoms with Gasteiger partial charge in [0.15, 0.2) is 0 Å². The van der Waals surface area contributed by atoms with Crippen molar-refractivity contribution in [2.45, 2.75) is 4.90 Å². The van der Waals surface area contributed by atoms with Crippen LogP contribution in [0.3, 0.4) is 0 Å². The first-order valence-electron chi connectivity index (χ1n) is 11.3. The lowest BCUT2D eigenvalue weighted by Crippen LogP contribution is -2.30. The van der Waals surface area contributed by atoms with E-state index in [1.807, 2.05) is 22.9 Å². The first-order chi connectivity index (χ1) is 18.4. The van der Waals surface area contributed by atoms with E-state index in [4.69, 9.17) is 0 Å². The van der Waals surface area contributed by atoms with E-state index in [-0.39, 0.29) is 23.0 Å². The molecule has 192 valence electrons. The van der Waals surface area contributed by atoms with E-state index in [0.717, 1.165) is 10.5 Å². The monoisotopic (exact) mass is 609 g/mol. The molecule has 0 bridgehead atoms. The predicted molar refractivity (Wildman–Crippen MR) is 155 cm³/mol. The maximum Gasteiger partial charge on any atom is 0.272 e. The Morgan fingerprint density at radius 3 is 2.39 bits per heavy atom. The molecule has 0 atom stereocenters. The van der Waals surface area contributed by atoms with Gasteiger partial charge in [-0.15, -0.1) is 11.8 Å². The van der Waals surface area contributed by atoms with Gasteiger partial charge in [0.25, 0.3) is 11.8 Å². The number of hydrogen-bond donors (Lipinski definition) is 3. The highest BCUT2D eigenvalue weighted by atomic mass is 79.9. The van der Waals surface area contributed by atoms with Crippen LogP contribution in [0.25, 0.3) is 6.08 Å². The van der Waals surface area contributed by atoms with Crippen LogP contribution in [-0.2, 0) is 9.59 Å². The Morgan fingerprint density at radius 1 is 0.947 bits per heavy atom. The van der Waals surface area contributed by atoms with Crippen LogP contribution in [0.5, 0.6) is 0 Å². The van der Waals surface area contributed by atoms with Gasteiger partial charge in [-0.2, -0.15) is 11.3 Å². The topological polar surface area (TPSA) is 87.3 Å². The molecule has 0 aliphatic heterocycles. The smallest absolute Gasteiger partial charge is 0.272 e. The number of hydrogen-bond acceptors (Lipinski definition) is 5. The Labute approximate surface area is 235 Å². The number of thiophene rings is 1. The highest BCUT2D eigenvalue weighted by Crippen LogP contribution is 2.23. The molecule has 4 aromatic rings. The molecule has 0 aliphatic rings. The molecule has 0 fully saturated rings. The van der Waals surface area contributed by atoms with Crippen molar-refractivity contribution in [1.29, 1.82) is 0 Å². The lowest BCUT2D eigenvalue weighted by molar-refractivity contribution is -0.114. The van der Waals surface area contributed by atoms with Gasteiger partial charge in [-0.1, -0.05) is 34.1 Å². The molecule has 3 aromatic carbocycles. The molecule has 3 N–H and O–H groups in total. The van der Waals surface area contributed by atoms with Crippen molar-refractivity contribution in [3.63, 3.8) is 0 Å². The summed E-state index contributed by atoms with van der Waals surface area (Å²) in [6, 6.07) is 21.8. The van der Waals surface area contributed by atoms with Crippen molar-refractivity contribution in [1.82, 2.24) is 5.32 Å². The Balaban J connectivity index is 1.36. The molecule has 3 amide bonds. The van der Waals surface area contributed by atoms with Gasteiger partial charge in [-0.3, -0.25) is 14.4 Å². The fourth-order valence-corrected chi connectivity index (χ4v) is 4.87. The van der Waals surface area contributed by atoms with Crippen molar-refractivity contribution in [2.24, 2.45) is 0 Å². The minimum absolute atomic E-state index is 0.0836. The Hall–Kier alpha value is -3.73. The number of rotatable bonds is 9. The van der Waals surface area contributed by atoms with Gasteiger partial charge in [0, 0.05) is 20.6 Å². The van der Waals surface area contributed by atoms with E-state index in [1.165, 1.54) is 35.2 Å². The van der Waals surface area contributed by atoms with Gasteiger partial charge < -0.3 is 16.0 Å². The average Bonchev–Trinajstić information content (AvgIpc) is 3.43. The standard InChI is InChI=1S/C28H21BrFN3O3S2/c29-20-6-11-24(23(30)15-20)32-26(34)17-38-22-9-7-21(8-10-22)31-28(36)25(14-18-12-13-37-16-18)33-27(35)19-4-2-1-3-5-19/h1-16H,17H2,(H,31,36)(H,32,34)(H,33,35)/b25-14-. The molecule has 1 aromatic heterocycles. The van der Waals surface area contributed by atoms with E-state index in [2.05, 4.69) is 31.9 Å². The quantitative estimate of drug-likeness (QED) is 0.144. The number of carbonyl (C=O) groups excluding carboxylic acids is 3. The van der Waals surface area contributed by atoms with Crippen LogP contribution in [0.4, 0.5) is 15.8 Å². The molecular weight excluding hydrogens is 589 g/mol. The molecule has 38 heavy (non-hydrogen) atoms. The van der Waals surface area contributed by atoms with Crippen LogP contribution in [0.1, 0.15) is 15.9 Å². The molecule has 0 aliphatic carbocycles. The molecule has 0 radical (unpaired) electrons. The largest absolute Gasteiger partial charge is 0.323 e. The summed E-state index contributed by atoms with van der Waals surface area (Å²) in [6.07, 6.45) is 1.61. The summed E-state index contributed by atoms with van der Waals surface area (Å²) in [5.74, 6) is -1.65. The zero-order chi connectivity index (χ0) is 26.9. The highest BCUT2D eigenvalue weighted by Gasteiger charge is 2.15. The summed E-state index contributed by atoms with van der Waals surface area (Å²) in [5, 5.41) is 11.8. The molecule has 4 rings (SSSR count). The molecule has 0 spiro atoms. The van der Waals surface area contributed by atoms with Gasteiger partial charge in [0.05, 0.1) is 11.4 Å². The lowest BCUT2D eigenvalue weighted by Gasteiger charge is -2.11. The van der Waals surface area contributed by atoms with Crippen molar-refractivity contribution < 1.29 is 18.8 Å². The van der Waals surface area contributed by atoms with Gasteiger partial charge in [-0.25, -0.2) is 4.39 Å². The Bertz CT molecular complexity index is 1460. The molecular formula is C28H21BrFN3O3S2. The summed E-state index contributed by atoms with van der Waals surface area (Å²) in [5.41, 5.74) is 1.97. The van der Waals surface area contributed by atoms with Gasteiger partial charge in [0.2, 0.25) is 5.91 Å². The summed E-state index contributed by atoms with van der Waals surface area (Å²) in [6.45, 7) is 0. The van der Waals surface area contributed by atoms with Crippen molar-refractivity contribution in [3.05, 3.63) is 117 Å². The minimum Gasteiger partial charge on any atom is -0.323 e. The van der Waals surface area contributed by atoms with Crippen molar-refractivity contribution in [3.8, 4) is 0 Å². The van der Waals surface area contributed by atoms with Crippen LogP contribution in [0.2, 0.25) is 0 Å². The first kappa shape index (κ1) is 27.3. The van der Waals surface area contributed by atoms with Crippen LogP contribution >= 0.6 is 39.0 Å². The number of halogens is 2. The number of thioether (sulfide) groups is 1. The summed E-state index contributed by atoms with van der Waals surface area (Å²) < 4.78 is 14.5. The second-order valence-corrected chi connectivity index (χ2v) is 10.6. The normalized spacial score (nSPS) is 11.1. The first-order valence-corrected chi connectivity index (χ1v) is 14.0. The van der Waals surface area contributed by atoms with Gasteiger partial charge >= 0.3 is 0 Å². The molecule has 0 saturated heterocycles. The maximum atomic E-state index is 13.9. The van der Waals surface area contributed by atoms with E-state index in [1.54, 1.807) is 60.7 Å². The highest BCUT2D eigenvalue weighted by molar-refractivity contribution is 9.10. The molecule has 10 heteroatoms. The number of nitrogens with one attached hydrogen (secondary N) is 3. The maximum absolute atomic E-state index is 13.9. The number of benzene rings is 3. The number of anilines is 2. The SMILES string of the molecule is O=C(CSc1ccc(NC(=O)/C(=C/c2ccsc2)NC(=O)c2ccccc2)cc1)Nc1ccc(Br)cc1F. The molecule has 0 unspecified atom stereocenters. The van der Waals surface area contributed by atoms with E-state index >= 15 is 0 Å². The average molecular weight is 611 g/mol. The fraction of sp³-hybridized carbons (Fsp3) is 0.0357. The predicted octanol–water partition coefficient (Wildman–Crippen LogP) is 6.79. The van der Waals surface area contributed by atoms with Crippen molar-refractivity contribution >= 4 is 74.2 Å². The third-order valence-electron chi connectivity index (χ3n) is 5.07. The van der Waals surface area contributed by atoms with Gasteiger partial charge in [0.1, 0.15) is 11.5 Å². The fourth-order valence-electron chi connectivity index (χ4n) is 3.23. The minimum atomic E-state index is -0.523. The second-order valence-electron chi connectivity index (χ2n) is 7.87. The van der Waals surface area contributed by atoms with E-state index in [9.17, 15) is 18.8 Å². The Kier molecular flexibility index (Phi) is 9.47. The third kappa shape index (κ3) is 7.88. The summed E-state index contributed by atoms with van der Waals surface area (Å²) in [4.78, 5) is 38.7.